The van der Waals surface area contributed by atoms with Crippen LogP contribution in [0.15, 0.2) is 259 Å². The van der Waals surface area contributed by atoms with Gasteiger partial charge in [-0.2, -0.15) is 0 Å². The van der Waals surface area contributed by atoms with Gasteiger partial charge in [-0.1, -0.05) is 176 Å². The lowest BCUT2D eigenvalue weighted by Gasteiger charge is -2.29. The Balaban J connectivity index is 0.977. The van der Waals surface area contributed by atoms with Crippen LogP contribution in [0.25, 0.3) is 105 Å². The van der Waals surface area contributed by atoms with Gasteiger partial charge in [0.1, 0.15) is 11.2 Å². The van der Waals surface area contributed by atoms with Crippen LogP contribution >= 0.6 is 0 Å². The van der Waals surface area contributed by atoms with Crippen molar-refractivity contribution in [3.05, 3.63) is 255 Å². The average molecular weight is 855 g/mol. The van der Waals surface area contributed by atoms with Gasteiger partial charge in [0.25, 0.3) is 0 Å². The summed E-state index contributed by atoms with van der Waals surface area (Å²) in [6.45, 7) is 0. The number of hydrogen-bond acceptors (Lipinski definition) is 2. The van der Waals surface area contributed by atoms with Gasteiger partial charge in [0.2, 0.25) is 0 Å². The fraction of sp³-hybridized carbons (Fsp3) is 0. The SMILES string of the molecule is c1ccc(-c2ccc(N(c3ccc4oc5cc(-c6cccc7c6c6ccccc6n7-c6ccccc6)ccc5c4c3)c3ccc(-c4cccc5ccccc45)cc3-c3ccccc3)cc2)cc1. The summed E-state index contributed by atoms with van der Waals surface area (Å²) >= 11 is 0. The predicted molar refractivity (Wildman–Crippen MR) is 282 cm³/mol. The third-order valence-electron chi connectivity index (χ3n) is 13.4. The van der Waals surface area contributed by atoms with E-state index in [1.165, 1.54) is 60.4 Å². The Morgan fingerprint density at radius 2 is 0.910 bits per heavy atom. The average Bonchev–Trinajstić information content (AvgIpc) is 3.95. The first kappa shape index (κ1) is 38.5. The molecule has 13 aromatic rings. The molecule has 11 aromatic carbocycles. The molecule has 13 rings (SSSR count). The highest BCUT2D eigenvalue weighted by atomic mass is 16.3. The Kier molecular flexibility index (Phi) is 9.17. The molecule has 0 bridgehead atoms. The molecule has 0 fully saturated rings. The second kappa shape index (κ2) is 16.0. The summed E-state index contributed by atoms with van der Waals surface area (Å²) in [6, 6.07) is 91.8. The van der Waals surface area contributed by atoms with Crippen LogP contribution in [0.1, 0.15) is 0 Å². The van der Waals surface area contributed by atoms with Gasteiger partial charge in [-0.25, -0.2) is 0 Å². The normalized spacial score (nSPS) is 11.6. The molecule has 0 radical (unpaired) electrons. The van der Waals surface area contributed by atoms with Crippen LogP contribution in [0.4, 0.5) is 17.1 Å². The van der Waals surface area contributed by atoms with E-state index >= 15 is 0 Å². The second-order valence-corrected chi connectivity index (χ2v) is 17.3. The number of furan rings is 1. The van der Waals surface area contributed by atoms with Crippen LogP contribution in [0, 0.1) is 0 Å². The topological polar surface area (TPSA) is 21.3 Å². The predicted octanol–water partition coefficient (Wildman–Crippen LogP) is 18.0. The number of nitrogens with zero attached hydrogens (tertiary/aromatic N) is 2. The molecular weight excluding hydrogens is 813 g/mol. The highest BCUT2D eigenvalue weighted by molar-refractivity contribution is 6.17. The van der Waals surface area contributed by atoms with Crippen molar-refractivity contribution >= 4 is 71.6 Å². The Morgan fingerprint density at radius 1 is 0.313 bits per heavy atom. The van der Waals surface area contributed by atoms with Gasteiger partial charge < -0.3 is 13.9 Å². The van der Waals surface area contributed by atoms with Crippen molar-refractivity contribution in [2.75, 3.05) is 4.90 Å². The maximum Gasteiger partial charge on any atom is 0.136 e. The molecule has 0 aliphatic rings. The molecule has 3 heteroatoms. The molecule has 0 N–H and O–H groups in total. The summed E-state index contributed by atoms with van der Waals surface area (Å²) in [5.74, 6) is 0. The van der Waals surface area contributed by atoms with Gasteiger partial charge in [-0.05, 0) is 129 Å². The molecule has 2 heterocycles. The molecule has 0 saturated carbocycles. The summed E-state index contributed by atoms with van der Waals surface area (Å²) in [5.41, 5.74) is 17.7. The molecule has 2 aromatic heterocycles. The molecule has 67 heavy (non-hydrogen) atoms. The molecule has 0 amide bonds. The van der Waals surface area contributed by atoms with Gasteiger partial charge >= 0.3 is 0 Å². The molecule has 0 unspecified atom stereocenters. The van der Waals surface area contributed by atoms with Crippen LogP contribution < -0.4 is 4.90 Å². The second-order valence-electron chi connectivity index (χ2n) is 17.3. The summed E-state index contributed by atoms with van der Waals surface area (Å²) in [7, 11) is 0. The zero-order valence-electron chi connectivity index (χ0n) is 36.6. The number of rotatable bonds is 8. The molecule has 0 saturated heterocycles. The van der Waals surface area contributed by atoms with E-state index < -0.39 is 0 Å². The van der Waals surface area contributed by atoms with Gasteiger partial charge in [0, 0.05) is 44.2 Å². The first-order valence-electron chi connectivity index (χ1n) is 22.9. The third-order valence-corrected chi connectivity index (χ3v) is 13.4. The lowest BCUT2D eigenvalue weighted by atomic mass is 9.93. The summed E-state index contributed by atoms with van der Waals surface area (Å²) in [4.78, 5) is 2.40. The van der Waals surface area contributed by atoms with Crippen molar-refractivity contribution in [1.82, 2.24) is 4.57 Å². The number of aromatic nitrogens is 1. The maximum atomic E-state index is 6.77. The van der Waals surface area contributed by atoms with Crippen LogP contribution in [0.5, 0.6) is 0 Å². The van der Waals surface area contributed by atoms with E-state index in [-0.39, 0.29) is 0 Å². The molecule has 0 aliphatic heterocycles. The van der Waals surface area contributed by atoms with Gasteiger partial charge in [0.15, 0.2) is 0 Å². The molecule has 0 aliphatic carbocycles. The van der Waals surface area contributed by atoms with E-state index in [1.54, 1.807) is 0 Å². The van der Waals surface area contributed by atoms with Gasteiger partial charge in [0.05, 0.1) is 16.7 Å². The third kappa shape index (κ3) is 6.59. The van der Waals surface area contributed by atoms with Crippen molar-refractivity contribution in [2.24, 2.45) is 0 Å². The number of fused-ring (bicyclic) bond motifs is 7. The standard InChI is InChI=1S/C64H42N2O/c1-4-16-43(17-5-1)44-30-34-50(35-31-44)65(60-38-33-47(40-57(60)46-18-6-2-7-19-46)53-26-14-21-45-20-10-11-24-52(45)53)51-36-39-62-58(42-51)55-37-32-48(41-63(55)67-62)54-27-15-29-61-64(54)56-25-12-13-28-59(56)66(61)49-22-8-3-9-23-49/h1-42H. The first-order chi connectivity index (χ1) is 33.2. The molecular formula is C64H42N2O. The minimum Gasteiger partial charge on any atom is -0.456 e. The van der Waals surface area contributed by atoms with E-state index in [2.05, 4.69) is 264 Å². The molecule has 3 nitrogen and oxygen atoms in total. The van der Waals surface area contributed by atoms with Crippen molar-refractivity contribution in [2.45, 2.75) is 0 Å². The van der Waals surface area contributed by atoms with E-state index in [4.69, 9.17) is 4.42 Å². The summed E-state index contributed by atoms with van der Waals surface area (Å²) in [5, 5.41) is 7.07. The van der Waals surface area contributed by atoms with Crippen LogP contribution in [-0.2, 0) is 0 Å². The number of hydrogen-bond donors (Lipinski definition) is 0. The van der Waals surface area contributed by atoms with Gasteiger partial charge in [-0.15, -0.1) is 0 Å². The molecule has 0 spiro atoms. The monoisotopic (exact) mass is 854 g/mol. The number of para-hydroxylation sites is 2. The van der Waals surface area contributed by atoms with Crippen LogP contribution in [-0.4, -0.2) is 4.57 Å². The highest BCUT2D eigenvalue weighted by Crippen LogP contribution is 2.46. The van der Waals surface area contributed by atoms with Crippen molar-refractivity contribution in [1.29, 1.82) is 0 Å². The highest BCUT2D eigenvalue weighted by Gasteiger charge is 2.22. The Morgan fingerprint density at radius 3 is 1.73 bits per heavy atom. The van der Waals surface area contributed by atoms with E-state index in [0.29, 0.717) is 0 Å². The number of anilines is 3. The Labute approximate surface area is 388 Å². The van der Waals surface area contributed by atoms with Crippen molar-refractivity contribution < 1.29 is 4.42 Å². The quantitative estimate of drug-likeness (QED) is 0.152. The summed E-state index contributed by atoms with van der Waals surface area (Å²) in [6.07, 6.45) is 0. The minimum atomic E-state index is 0.851. The summed E-state index contributed by atoms with van der Waals surface area (Å²) < 4.78 is 9.14. The van der Waals surface area contributed by atoms with Crippen molar-refractivity contribution in [3.63, 3.8) is 0 Å². The maximum absolute atomic E-state index is 6.77. The smallest absolute Gasteiger partial charge is 0.136 e. The van der Waals surface area contributed by atoms with Crippen molar-refractivity contribution in [3.8, 4) is 50.2 Å². The van der Waals surface area contributed by atoms with E-state index in [0.717, 1.165) is 61.4 Å². The Hall–Kier alpha value is -8.92. The van der Waals surface area contributed by atoms with Crippen LogP contribution in [0.2, 0.25) is 0 Å². The molecule has 0 atom stereocenters. The minimum absolute atomic E-state index is 0.851. The fourth-order valence-electron chi connectivity index (χ4n) is 10.3. The van der Waals surface area contributed by atoms with Crippen LogP contribution in [0.3, 0.4) is 0 Å². The zero-order valence-corrected chi connectivity index (χ0v) is 36.6. The zero-order chi connectivity index (χ0) is 44.3. The lowest BCUT2D eigenvalue weighted by Crippen LogP contribution is -2.11. The molecule has 314 valence electrons. The Bertz CT molecular complexity index is 3960. The fourth-order valence-corrected chi connectivity index (χ4v) is 10.3. The van der Waals surface area contributed by atoms with E-state index in [9.17, 15) is 0 Å². The first-order valence-corrected chi connectivity index (χ1v) is 22.9. The lowest BCUT2D eigenvalue weighted by molar-refractivity contribution is 0.669. The van der Waals surface area contributed by atoms with Gasteiger partial charge in [-0.3, -0.25) is 0 Å². The van der Waals surface area contributed by atoms with E-state index in [1.807, 2.05) is 0 Å². The largest absolute Gasteiger partial charge is 0.456 e. The number of benzene rings is 11.